The monoisotopic (exact) mass is 333 g/mol. The highest BCUT2D eigenvalue weighted by Gasteiger charge is 2.18. The normalized spacial score (nSPS) is 20.8. The minimum absolute atomic E-state index is 0.126. The fourth-order valence-corrected chi connectivity index (χ4v) is 2.99. The summed E-state index contributed by atoms with van der Waals surface area (Å²) in [6.07, 6.45) is 8.13. The standard InChI is InChI=1S/C18H21F2N3O/c1-12-5-7-15(8-6-12)23-18-21-10-14(11-22-18)13-3-2-4-16(9-13)24-17(19)20/h2-4,9-12,15,17H,5-8H2,1H3,(H,21,22,23)/t12-,15-. The lowest BCUT2D eigenvalue weighted by atomic mass is 9.87. The van der Waals surface area contributed by atoms with Crippen molar-refractivity contribution in [3.63, 3.8) is 0 Å². The molecule has 0 amide bonds. The predicted molar refractivity (Wildman–Crippen MR) is 89.1 cm³/mol. The van der Waals surface area contributed by atoms with Crippen molar-refractivity contribution < 1.29 is 13.5 Å². The van der Waals surface area contributed by atoms with Crippen molar-refractivity contribution in [2.45, 2.75) is 45.3 Å². The molecule has 1 N–H and O–H groups in total. The number of benzene rings is 1. The summed E-state index contributed by atoms with van der Waals surface area (Å²) in [6, 6.07) is 6.96. The molecule has 1 heterocycles. The van der Waals surface area contributed by atoms with Crippen LogP contribution in [0.2, 0.25) is 0 Å². The van der Waals surface area contributed by atoms with E-state index in [1.165, 1.54) is 18.9 Å². The van der Waals surface area contributed by atoms with Crippen molar-refractivity contribution in [1.29, 1.82) is 0 Å². The molecule has 1 fully saturated rings. The number of ether oxygens (including phenoxy) is 1. The van der Waals surface area contributed by atoms with Gasteiger partial charge in [-0.15, -0.1) is 0 Å². The maximum Gasteiger partial charge on any atom is 0.387 e. The molecule has 24 heavy (non-hydrogen) atoms. The van der Waals surface area contributed by atoms with Gasteiger partial charge in [-0.3, -0.25) is 0 Å². The molecule has 0 aliphatic heterocycles. The first-order valence-corrected chi connectivity index (χ1v) is 8.24. The number of nitrogens with zero attached hydrogens (tertiary/aromatic N) is 2. The number of rotatable bonds is 5. The average molecular weight is 333 g/mol. The molecule has 4 nitrogen and oxygen atoms in total. The van der Waals surface area contributed by atoms with Gasteiger partial charge in [0, 0.05) is 24.0 Å². The van der Waals surface area contributed by atoms with Gasteiger partial charge in [0.05, 0.1) is 0 Å². The molecule has 1 aromatic carbocycles. The highest BCUT2D eigenvalue weighted by atomic mass is 19.3. The Bertz CT molecular complexity index is 656. The second-order valence-corrected chi connectivity index (χ2v) is 6.30. The first-order valence-electron chi connectivity index (χ1n) is 8.24. The van der Waals surface area contributed by atoms with E-state index in [1.807, 2.05) is 6.07 Å². The molecule has 3 rings (SSSR count). The molecule has 6 heteroatoms. The summed E-state index contributed by atoms with van der Waals surface area (Å²) in [5.41, 5.74) is 1.50. The van der Waals surface area contributed by atoms with Crippen LogP contribution >= 0.6 is 0 Å². The fourth-order valence-electron chi connectivity index (χ4n) is 2.99. The van der Waals surface area contributed by atoms with Gasteiger partial charge in [-0.25, -0.2) is 9.97 Å². The molecule has 0 bridgehead atoms. The van der Waals surface area contributed by atoms with Crippen LogP contribution in [-0.4, -0.2) is 22.6 Å². The van der Waals surface area contributed by atoms with E-state index in [4.69, 9.17) is 0 Å². The molecule has 1 aliphatic rings. The lowest BCUT2D eigenvalue weighted by Gasteiger charge is -2.26. The van der Waals surface area contributed by atoms with Crippen LogP contribution in [0.1, 0.15) is 32.6 Å². The van der Waals surface area contributed by atoms with E-state index in [9.17, 15) is 8.78 Å². The summed E-state index contributed by atoms with van der Waals surface area (Å²) in [5, 5.41) is 3.37. The highest BCUT2D eigenvalue weighted by molar-refractivity contribution is 5.63. The summed E-state index contributed by atoms with van der Waals surface area (Å²) in [7, 11) is 0. The third-order valence-corrected chi connectivity index (χ3v) is 4.39. The zero-order valence-corrected chi connectivity index (χ0v) is 13.6. The van der Waals surface area contributed by atoms with Crippen LogP contribution < -0.4 is 10.1 Å². The van der Waals surface area contributed by atoms with Crippen LogP contribution in [-0.2, 0) is 0 Å². The smallest absolute Gasteiger partial charge is 0.387 e. The third kappa shape index (κ3) is 4.40. The lowest BCUT2D eigenvalue weighted by molar-refractivity contribution is -0.0498. The average Bonchev–Trinajstić information content (AvgIpc) is 2.57. The van der Waals surface area contributed by atoms with Crippen LogP contribution in [0.25, 0.3) is 11.1 Å². The third-order valence-electron chi connectivity index (χ3n) is 4.39. The van der Waals surface area contributed by atoms with Crippen molar-refractivity contribution in [3.05, 3.63) is 36.7 Å². The molecule has 128 valence electrons. The first kappa shape index (κ1) is 16.6. The Kier molecular flexibility index (Phi) is 5.23. The van der Waals surface area contributed by atoms with Gasteiger partial charge >= 0.3 is 6.61 Å². The Morgan fingerprint density at radius 1 is 1.08 bits per heavy atom. The molecule has 0 spiro atoms. The quantitative estimate of drug-likeness (QED) is 0.859. The van der Waals surface area contributed by atoms with Gasteiger partial charge in [0.15, 0.2) is 0 Å². The molecule has 0 atom stereocenters. The molecule has 2 aromatic rings. The number of halogens is 2. The molecular weight excluding hydrogens is 312 g/mol. The molecule has 0 radical (unpaired) electrons. The van der Waals surface area contributed by atoms with Crippen molar-refractivity contribution in [2.75, 3.05) is 5.32 Å². The molecule has 0 unspecified atom stereocenters. The number of hydrogen-bond acceptors (Lipinski definition) is 4. The maximum atomic E-state index is 12.3. The van der Waals surface area contributed by atoms with Gasteiger partial charge < -0.3 is 10.1 Å². The van der Waals surface area contributed by atoms with Gasteiger partial charge in [0.2, 0.25) is 5.95 Å². The van der Waals surface area contributed by atoms with E-state index in [2.05, 4.69) is 26.9 Å². The molecule has 1 saturated carbocycles. The Morgan fingerprint density at radius 2 is 1.79 bits per heavy atom. The van der Waals surface area contributed by atoms with Gasteiger partial charge in [-0.2, -0.15) is 8.78 Å². The summed E-state index contributed by atoms with van der Waals surface area (Å²) >= 11 is 0. The second-order valence-electron chi connectivity index (χ2n) is 6.30. The predicted octanol–water partition coefficient (Wildman–Crippen LogP) is 4.74. The summed E-state index contributed by atoms with van der Waals surface area (Å²) in [4.78, 5) is 8.70. The van der Waals surface area contributed by atoms with Crippen LogP contribution in [0.3, 0.4) is 0 Å². The van der Waals surface area contributed by atoms with Crippen LogP contribution in [0.15, 0.2) is 36.7 Å². The van der Waals surface area contributed by atoms with Crippen LogP contribution in [0.4, 0.5) is 14.7 Å². The van der Waals surface area contributed by atoms with Gasteiger partial charge in [0.25, 0.3) is 0 Å². The van der Waals surface area contributed by atoms with Crippen LogP contribution in [0.5, 0.6) is 5.75 Å². The van der Waals surface area contributed by atoms with Gasteiger partial charge in [-0.1, -0.05) is 19.1 Å². The van der Waals surface area contributed by atoms with Gasteiger partial charge in [0.1, 0.15) is 5.75 Å². The van der Waals surface area contributed by atoms with Crippen LogP contribution in [0, 0.1) is 5.92 Å². The second kappa shape index (κ2) is 7.55. The summed E-state index contributed by atoms with van der Waals surface area (Å²) < 4.78 is 29.0. The maximum absolute atomic E-state index is 12.3. The summed E-state index contributed by atoms with van der Waals surface area (Å²) in [5.74, 6) is 1.54. The summed E-state index contributed by atoms with van der Waals surface area (Å²) in [6.45, 7) is -0.547. The number of aromatic nitrogens is 2. The lowest BCUT2D eigenvalue weighted by Crippen LogP contribution is -2.26. The fraction of sp³-hybridized carbons (Fsp3) is 0.444. The first-order chi connectivity index (χ1) is 11.6. The minimum Gasteiger partial charge on any atom is -0.435 e. The zero-order chi connectivity index (χ0) is 16.9. The largest absolute Gasteiger partial charge is 0.435 e. The minimum atomic E-state index is -2.83. The Hall–Kier alpha value is -2.24. The van der Waals surface area contributed by atoms with Crippen molar-refractivity contribution in [1.82, 2.24) is 9.97 Å². The van der Waals surface area contributed by atoms with E-state index in [0.717, 1.165) is 29.9 Å². The SMILES string of the molecule is C[C@H]1CC[C@H](Nc2ncc(-c3cccc(OC(F)F)c3)cn2)CC1. The Labute approximate surface area is 140 Å². The van der Waals surface area contributed by atoms with E-state index in [-0.39, 0.29) is 5.75 Å². The number of nitrogens with one attached hydrogen (secondary N) is 1. The van der Waals surface area contributed by atoms with Crippen molar-refractivity contribution in [3.8, 4) is 16.9 Å². The molecule has 1 aliphatic carbocycles. The zero-order valence-electron chi connectivity index (χ0n) is 13.6. The van der Waals surface area contributed by atoms with E-state index >= 15 is 0 Å². The number of hydrogen-bond donors (Lipinski definition) is 1. The Morgan fingerprint density at radius 3 is 2.46 bits per heavy atom. The van der Waals surface area contributed by atoms with Gasteiger partial charge in [-0.05, 0) is 49.3 Å². The van der Waals surface area contributed by atoms with E-state index in [1.54, 1.807) is 24.5 Å². The van der Waals surface area contributed by atoms with E-state index < -0.39 is 6.61 Å². The molecular formula is C18H21F2N3O. The molecule has 0 saturated heterocycles. The van der Waals surface area contributed by atoms with E-state index in [0.29, 0.717) is 12.0 Å². The Balaban J connectivity index is 1.66. The van der Waals surface area contributed by atoms with Crippen molar-refractivity contribution >= 4 is 5.95 Å². The topological polar surface area (TPSA) is 47.0 Å². The molecule has 1 aromatic heterocycles. The highest BCUT2D eigenvalue weighted by Crippen LogP contribution is 2.26. The number of anilines is 1. The van der Waals surface area contributed by atoms with Crippen molar-refractivity contribution in [2.24, 2.45) is 5.92 Å². The number of alkyl halides is 2.